The van der Waals surface area contributed by atoms with Crippen LogP contribution in [0.15, 0.2) is 41.4 Å². The Morgan fingerprint density at radius 1 is 1.00 bits per heavy atom. The lowest BCUT2D eigenvalue weighted by Gasteiger charge is -2.28. The summed E-state index contributed by atoms with van der Waals surface area (Å²) in [6, 6.07) is 12.6. The average molecular weight is 441 g/mol. The second kappa shape index (κ2) is 12.2. The van der Waals surface area contributed by atoms with E-state index < -0.39 is 0 Å². The van der Waals surface area contributed by atoms with Crippen molar-refractivity contribution in [2.24, 2.45) is 4.99 Å². The topological polar surface area (TPSA) is 67.4 Å². The van der Waals surface area contributed by atoms with E-state index in [9.17, 15) is 0 Å². The first-order chi connectivity index (χ1) is 15.7. The fraction of sp³-hybridized carbons (Fsp3) is 0.480. The molecule has 7 heteroatoms. The minimum absolute atomic E-state index is 0.509. The number of nitrogens with zero attached hydrogens (tertiary/aromatic N) is 2. The summed E-state index contributed by atoms with van der Waals surface area (Å²) in [5.41, 5.74) is 3.95. The van der Waals surface area contributed by atoms with E-state index in [2.05, 4.69) is 46.7 Å². The van der Waals surface area contributed by atoms with Gasteiger partial charge in [-0.1, -0.05) is 24.3 Å². The van der Waals surface area contributed by atoms with Crippen LogP contribution < -0.4 is 24.8 Å². The molecule has 7 nitrogen and oxygen atoms in total. The van der Waals surface area contributed by atoms with Gasteiger partial charge in [0.15, 0.2) is 17.5 Å². The van der Waals surface area contributed by atoms with Crippen molar-refractivity contribution in [2.45, 2.75) is 32.9 Å². The van der Waals surface area contributed by atoms with Gasteiger partial charge in [0.25, 0.3) is 0 Å². The first kappa shape index (κ1) is 23.7. The monoisotopic (exact) mass is 440 g/mol. The predicted octanol–water partition coefficient (Wildman–Crippen LogP) is 3.22. The molecule has 0 aromatic heterocycles. The van der Waals surface area contributed by atoms with Gasteiger partial charge < -0.3 is 24.8 Å². The molecule has 174 valence electrons. The van der Waals surface area contributed by atoms with E-state index >= 15 is 0 Å². The normalized spacial score (nSPS) is 13.9. The Bertz CT molecular complexity index is 876. The standard InChI is InChI=1S/C25H36N4O3/c1-5-26-25(28-17-19-15-22(30-2)24(32-4)23(16-19)31-3)27-12-8-13-29-14-11-20-9-6-7-10-21(20)18-29/h6-7,9-10,15-16H,5,8,11-14,17-18H2,1-4H3,(H2,26,27,28). The Balaban J connectivity index is 1.52. The summed E-state index contributed by atoms with van der Waals surface area (Å²) >= 11 is 0. The lowest BCUT2D eigenvalue weighted by Crippen LogP contribution is -2.39. The maximum atomic E-state index is 5.44. The first-order valence-corrected chi connectivity index (χ1v) is 11.3. The maximum absolute atomic E-state index is 5.44. The molecule has 0 saturated heterocycles. The van der Waals surface area contributed by atoms with Crippen molar-refractivity contribution < 1.29 is 14.2 Å². The molecular weight excluding hydrogens is 404 g/mol. The molecule has 2 aromatic carbocycles. The third kappa shape index (κ3) is 6.29. The smallest absolute Gasteiger partial charge is 0.203 e. The highest BCUT2D eigenvalue weighted by Crippen LogP contribution is 2.38. The van der Waals surface area contributed by atoms with Gasteiger partial charge >= 0.3 is 0 Å². The first-order valence-electron chi connectivity index (χ1n) is 11.3. The Hall–Kier alpha value is -2.93. The van der Waals surface area contributed by atoms with Crippen molar-refractivity contribution in [3.8, 4) is 17.2 Å². The van der Waals surface area contributed by atoms with Crippen LogP contribution in [0.2, 0.25) is 0 Å². The van der Waals surface area contributed by atoms with Crippen LogP contribution in [0.3, 0.4) is 0 Å². The molecule has 0 spiro atoms. The van der Waals surface area contributed by atoms with Crippen molar-refractivity contribution in [3.05, 3.63) is 53.1 Å². The molecule has 0 fully saturated rings. The molecule has 0 aliphatic carbocycles. The Kier molecular flexibility index (Phi) is 9.04. The number of rotatable bonds is 10. The fourth-order valence-corrected chi connectivity index (χ4v) is 3.99. The summed E-state index contributed by atoms with van der Waals surface area (Å²) in [6.07, 6.45) is 2.21. The quantitative estimate of drug-likeness (QED) is 0.336. The minimum Gasteiger partial charge on any atom is -0.493 e. The summed E-state index contributed by atoms with van der Waals surface area (Å²) in [6.45, 7) is 7.52. The zero-order chi connectivity index (χ0) is 22.8. The van der Waals surface area contributed by atoms with Gasteiger partial charge in [-0.05, 0) is 48.6 Å². The second-order valence-corrected chi connectivity index (χ2v) is 7.80. The molecule has 2 aromatic rings. The van der Waals surface area contributed by atoms with E-state index in [1.165, 1.54) is 11.1 Å². The number of methoxy groups -OCH3 is 3. The highest BCUT2D eigenvalue weighted by molar-refractivity contribution is 5.79. The van der Waals surface area contributed by atoms with Crippen molar-refractivity contribution in [1.29, 1.82) is 0 Å². The number of hydrogen-bond donors (Lipinski definition) is 2. The van der Waals surface area contributed by atoms with Crippen LogP contribution in [0.5, 0.6) is 17.2 Å². The summed E-state index contributed by atoms with van der Waals surface area (Å²) in [5.74, 6) is 2.68. The molecule has 3 rings (SSSR count). The van der Waals surface area contributed by atoms with Gasteiger partial charge in [-0.3, -0.25) is 4.90 Å². The third-order valence-corrected chi connectivity index (χ3v) is 5.64. The lowest BCUT2D eigenvalue weighted by atomic mass is 10.00. The van der Waals surface area contributed by atoms with E-state index in [0.29, 0.717) is 23.8 Å². The molecule has 1 aliphatic heterocycles. The Morgan fingerprint density at radius 3 is 2.38 bits per heavy atom. The van der Waals surface area contributed by atoms with Crippen LogP contribution in [0.25, 0.3) is 0 Å². The molecule has 0 bridgehead atoms. The molecule has 1 heterocycles. The van der Waals surface area contributed by atoms with Gasteiger partial charge in [0, 0.05) is 32.7 Å². The summed E-state index contributed by atoms with van der Waals surface area (Å²) in [7, 11) is 4.85. The van der Waals surface area contributed by atoms with Crippen LogP contribution in [0.4, 0.5) is 0 Å². The number of fused-ring (bicyclic) bond motifs is 1. The third-order valence-electron chi connectivity index (χ3n) is 5.64. The molecule has 0 unspecified atom stereocenters. The predicted molar refractivity (Wildman–Crippen MR) is 129 cm³/mol. The largest absolute Gasteiger partial charge is 0.493 e. The molecule has 0 saturated carbocycles. The number of ether oxygens (including phenoxy) is 3. The zero-order valence-electron chi connectivity index (χ0n) is 19.7. The fourth-order valence-electron chi connectivity index (χ4n) is 3.99. The van der Waals surface area contributed by atoms with Gasteiger partial charge in [0.2, 0.25) is 5.75 Å². The molecular formula is C25H36N4O3. The van der Waals surface area contributed by atoms with Gasteiger partial charge in [-0.2, -0.15) is 0 Å². The van der Waals surface area contributed by atoms with Gasteiger partial charge in [-0.25, -0.2) is 4.99 Å². The summed E-state index contributed by atoms with van der Waals surface area (Å²) < 4.78 is 16.3. The van der Waals surface area contributed by atoms with E-state index in [1.54, 1.807) is 21.3 Å². The lowest BCUT2D eigenvalue weighted by molar-refractivity contribution is 0.251. The van der Waals surface area contributed by atoms with Crippen LogP contribution in [-0.4, -0.2) is 58.4 Å². The zero-order valence-corrected chi connectivity index (χ0v) is 19.7. The van der Waals surface area contributed by atoms with Crippen LogP contribution in [-0.2, 0) is 19.5 Å². The van der Waals surface area contributed by atoms with Gasteiger partial charge in [0.05, 0.1) is 27.9 Å². The van der Waals surface area contributed by atoms with Gasteiger partial charge in [0.1, 0.15) is 0 Å². The van der Waals surface area contributed by atoms with E-state index in [1.807, 2.05) is 12.1 Å². The van der Waals surface area contributed by atoms with Crippen LogP contribution >= 0.6 is 0 Å². The molecule has 1 aliphatic rings. The van der Waals surface area contributed by atoms with Crippen molar-refractivity contribution in [1.82, 2.24) is 15.5 Å². The minimum atomic E-state index is 0.509. The van der Waals surface area contributed by atoms with Crippen LogP contribution in [0.1, 0.15) is 30.0 Å². The SMILES string of the molecule is CCNC(=NCc1cc(OC)c(OC)c(OC)c1)NCCCN1CCc2ccccc2C1. The molecule has 32 heavy (non-hydrogen) atoms. The molecule has 2 N–H and O–H groups in total. The van der Waals surface area contributed by atoms with Gasteiger partial charge in [-0.15, -0.1) is 0 Å². The number of benzene rings is 2. The Morgan fingerprint density at radius 2 is 1.72 bits per heavy atom. The van der Waals surface area contributed by atoms with E-state index in [-0.39, 0.29) is 0 Å². The Labute approximate surface area is 191 Å². The molecule has 0 atom stereocenters. The van der Waals surface area contributed by atoms with Crippen molar-refractivity contribution >= 4 is 5.96 Å². The molecule has 0 radical (unpaired) electrons. The number of guanidine groups is 1. The highest BCUT2D eigenvalue weighted by Gasteiger charge is 2.15. The second-order valence-electron chi connectivity index (χ2n) is 7.80. The van der Waals surface area contributed by atoms with E-state index in [0.717, 1.165) is 57.1 Å². The number of hydrogen-bond acceptors (Lipinski definition) is 5. The van der Waals surface area contributed by atoms with Crippen molar-refractivity contribution in [3.63, 3.8) is 0 Å². The van der Waals surface area contributed by atoms with Crippen LogP contribution in [0, 0.1) is 0 Å². The summed E-state index contributed by atoms with van der Waals surface area (Å²) in [4.78, 5) is 7.26. The number of aliphatic imine (C=N–C) groups is 1. The average Bonchev–Trinajstić information content (AvgIpc) is 2.84. The van der Waals surface area contributed by atoms with Crippen molar-refractivity contribution in [2.75, 3.05) is 47.5 Å². The maximum Gasteiger partial charge on any atom is 0.203 e. The van der Waals surface area contributed by atoms with E-state index in [4.69, 9.17) is 19.2 Å². The molecule has 0 amide bonds. The highest BCUT2D eigenvalue weighted by atomic mass is 16.5. The summed E-state index contributed by atoms with van der Waals surface area (Å²) in [5, 5.41) is 6.78. The number of nitrogens with one attached hydrogen (secondary N) is 2.